The van der Waals surface area contributed by atoms with Gasteiger partial charge in [-0.2, -0.15) is 0 Å². The predicted octanol–water partition coefficient (Wildman–Crippen LogP) is 5.51. The summed E-state index contributed by atoms with van der Waals surface area (Å²) in [7, 11) is 0. The Morgan fingerprint density at radius 2 is 1.81 bits per heavy atom. The number of fused-ring (bicyclic) bond motifs is 2. The van der Waals surface area contributed by atoms with Crippen molar-refractivity contribution in [2.24, 2.45) is 0 Å². The summed E-state index contributed by atoms with van der Waals surface area (Å²) < 4.78 is 13.5. The summed E-state index contributed by atoms with van der Waals surface area (Å²) in [4.78, 5) is 18.4. The molecule has 31 heavy (non-hydrogen) atoms. The molecule has 0 saturated carbocycles. The van der Waals surface area contributed by atoms with Gasteiger partial charge in [0.05, 0.1) is 16.6 Å². The molecule has 1 aromatic heterocycles. The fourth-order valence-corrected chi connectivity index (χ4v) is 4.25. The van der Waals surface area contributed by atoms with Crippen molar-refractivity contribution in [2.75, 3.05) is 6.79 Å². The molecule has 0 radical (unpaired) electrons. The second kappa shape index (κ2) is 7.85. The van der Waals surface area contributed by atoms with Crippen LogP contribution in [0.3, 0.4) is 0 Å². The van der Waals surface area contributed by atoms with Crippen molar-refractivity contribution in [3.05, 3.63) is 91.0 Å². The van der Waals surface area contributed by atoms with Crippen LogP contribution in [0, 0.1) is 17.4 Å². The molecule has 154 valence electrons. The number of aromatic nitrogens is 2. The Bertz CT molecular complexity index is 1420. The number of aryl methyl sites for hydroxylation is 2. The summed E-state index contributed by atoms with van der Waals surface area (Å²) >= 11 is 2.22. The van der Waals surface area contributed by atoms with Crippen molar-refractivity contribution < 1.29 is 9.47 Å². The SMILES string of the molecule is Cc1ccc(-n2c(C=Cc3ccc4c(c3)OCO4)nc3ccc(I)cc3c2=O)c(C)c1. The van der Waals surface area contributed by atoms with Crippen molar-refractivity contribution in [3.8, 4) is 17.2 Å². The molecule has 0 fully saturated rings. The van der Waals surface area contributed by atoms with E-state index in [1.165, 1.54) is 0 Å². The molecule has 1 aliphatic heterocycles. The molecule has 3 aromatic carbocycles. The Balaban J connectivity index is 1.70. The molecular formula is C25H19IN2O3. The van der Waals surface area contributed by atoms with Gasteiger partial charge in [0, 0.05) is 3.57 Å². The number of halogens is 1. The van der Waals surface area contributed by atoms with Crippen LogP contribution in [-0.4, -0.2) is 16.3 Å². The molecule has 1 aliphatic rings. The maximum Gasteiger partial charge on any atom is 0.266 e. The van der Waals surface area contributed by atoms with Gasteiger partial charge in [-0.15, -0.1) is 0 Å². The van der Waals surface area contributed by atoms with Crippen molar-refractivity contribution in [3.63, 3.8) is 0 Å². The average molecular weight is 522 g/mol. The Labute approximate surface area is 193 Å². The highest BCUT2D eigenvalue weighted by Crippen LogP contribution is 2.33. The smallest absolute Gasteiger partial charge is 0.266 e. The van der Waals surface area contributed by atoms with Crippen molar-refractivity contribution in [1.29, 1.82) is 0 Å². The second-order valence-electron chi connectivity index (χ2n) is 7.51. The van der Waals surface area contributed by atoms with Crippen LogP contribution in [0.5, 0.6) is 11.5 Å². The molecule has 2 heterocycles. The van der Waals surface area contributed by atoms with Crippen molar-refractivity contribution in [2.45, 2.75) is 13.8 Å². The molecule has 0 spiro atoms. The average Bonchev–Trinajstić information content (AvgIpc) is 3.22. The molecule has 5 nitrogen and oxygen atoms in total. The number of hydrogen-bond acceptors (Lipinski definition) is 4. The third-order valence-electron chi connectivity index (χ3n) is 5.27. The molecule has 0 atom stereocenters. The summed E-state index contributed by atoms with van der Waals surface area (Å²) in [5.41, 5.74) is 4.53. The van der Waals surface area contributed by atoms with Crippen LogP contribution in [-0.2, 0) is 0 Å². The molecule has 4 aromatic rings. The first kappa shape index (κ1) is 19.8. The first-order valence-corrected chi connectivity index (χ1v) is 11.0. The normalized spacial score (nSPS) is 12.7. The Morgan fingerprint density at radius 1 is 0.968 bits per heavy atom. The van der Waals surface area contributed by atoms with Gasteiger partial charge in [-0.3, -0.25) is 9.36 Å². The molecule has 0 amide bonds. The first-order valence-electron chi connectivity index (χ1n) is 9.87. The molecule has 0 aliphatic carbocycles. The van der Waals surface area contributed by atoms with Gasteiger partial charge in [-0.25, -0.2) is 4.98 Å². The summed E-state index contributed by atoms with van der Waals surface area (Å²) in [6.45, 7) is 4.29. The van der Waals surface area contributed by atoms with Crippen LogP contribution < -0.4 is 15.0 Å². The third kappa shape index (κ3) is 3.72. The Kier molecular flexibility index (Phi) is 5.02. The van der Waals surface area contributed by atoms with Crippen LogP contribution in [0.15, 0.2) is 59.4 Å². The molecule has 0 bridgehead atoms. The summed E-state index contributed by atoms with van der Waals surface area (Å²) in [5, 5.41) is 0.604. The molecule has 0 unspecified atom stereocenters. The van der Waals surface area contributed by atoms with E-state index in [1.54, 1.807) is 4.57 Å². The Morgan fingerprint density at radius 3 is 2.65 bits per heavy atom. The predicted molar refractivity (Wildman–Crippen MR) is 131 cm³/mol. The minimum absolute atomic E-state index is 0.0826. The van der Waals surface area contributed by atoms with Crippen LogP contribution in [0.4, 0.5) is 0 Å². The monoisotopic (exact) mass is 522 g/mol. The lowest BCUT2D eigenvalue weighted by Gasteiger charge is -2.14. The van der Waals surface area contributed by atoms with E-state index in [2.05, 4.69) is 28.7 Å². The van der Waals surface area contributed by atoms with Crippen LogP contribution in [0.25, 0.3) is 28.7 Å². The molecule has 0 saturated heterocycles. The molecule has 5 rings (SSSR count). The number of ether oxygens (including phenoxy) is 2. The van der Waals surface area contributed by atoms with E-state index in [0.717, 1.165) is 37.4 Å². The van der Waals surface area contributed by atoms with Crippen LogP contribution in [0.1, 0.15) is 22.5 Å². The van der Waals surface area contributed by atoms with E-state index in [4.69, 9.17) is 14.5 Å². The molecule has 0 N–H and O–H groups in total. The first-order chi connectivity index (χ1) is 15.0. The lowest BCUT2D eigenvalue weighted by Crippen LogP contribution is -2.23. The zero-order chi connectivity index (χ0) is 21.5. The third-order valence-corrected chi connectivity index (χ3v) is 5.94. The van der Waals surface area contributed by atoms with E-state index in [9.17, 15) is 4.79 Å². The summed E-state index contributed by atoms with van der Waals surface area (Å²) in [6, 6.07) is 17.6. The highest BCUT2D eigenvalue weighted by molar-refractivity contribution is 14.1. The fraction of sp³-hybridized carbons (Fsp3) is 0.120. The lowest BCUT2D eigenvalue weighted by molar-refractivity contribution is 0.174. The van der Waals surface area contributed by atoms with Crippen LogP contribution >= 0.6 is 22.6 Å². The van der Waals surface area contributed by atoms with Gasteiger partial charge < -0.3 is 9.47 Å². The van der Waals surface area contributed by atoms with Gasteiger partial charge >= 0.3 is 0 Å². The van der Waals surface area contributed by atoms with E-state index in [-0.39, 0.29) is 12.4 Å². The van der Waals surface area contributed by atoms with E-state index < -0.39 is 0 Å². The van der Waals surface area contributed by atoms with Gasteiger partial charge in [-0.1, -0.05) is 29.8 Å². The minimum atomic E-state index is -0.0826. The largest absolute Gasteiger partial charge is 0.454 e. The number of benzene rings is 3. The van der Waals surface area contributed by atoms with E-state index in [0.29, 0.717) is 16.7 Å². The lowest BCUT2D eigenvalue weighted by atomic mass is 10.1. The summed E-state index contributed by atoms with van der Waals surface area (Å²) in [6.07, 6.45) is 3.80. The van der Waals surface area contributed by atoms with Gasteiger partial charge in [0.15, 0.2) is 11.5 Å². The quantitative estimate of drug-likeness (QED) is 0.334. The van der Waals surface area contributed by atoms with Gasteiger partial charge in [0.2, 0.25) is 6.79 Å². The summed E-state index contributed by atoms with van der Waals surface area (Å²) in [5.74, 6) is 2.03. The maximum absolute atomic E-state index is 13.6. The topological polar surface area (TPSA) is 53.4 Å². The van der Waals surface area contributed by atoms with Gasteiger partial charge in [0.25, 0.3) is 5.56 Å². The fourth-order valence-electron chi connectivity index (χ4n) is 3.76. The van der Waals surface area contributed by atoms with E-state index in [1.807, 2.05) is 74.5 Å². The molecule has 6 heteroatoms. The van der Waals surface area contributed by atoms with Crippen LogP contribution in [0.2, 0.25) is 0 Å². The van der Waals surface area contributed by atoms with Crippen molar-refractivity contribution >= 4 is 45.6 Å². The minimum Gasteiger partial charge on any atom is -0.454 e. The van der Waals surface area contributed by atoms with Gasteiger partial charge in [-0.05, 0) is 90.0 Å². The zero-order valence-corrected chi connectivity index (χ0v) is 19.2. The number of rotatable bonds is 3. The van der Waals surface area contributed by atoms with Crippen molar-refractivity contribution in [1.82, 2.24) is 9.55 Å². The zero-order valence-electron chi connectivity index (χ0n) is 17.1. The number of nitrogens with zero attached hydrogens (tertiary/aromatic N) is 2. The molecular weight excluding hydrogens is 503 g/mol. The maximum atomic E-state index is 13.6. The second-order valence-corrected chi connectivity index (χ2v) is 8.75. The standard InChI is InChI=1S/C25H19IN2O3/c1-15-3-8-21(16(2)11-15)28-24(27-20-7-6-18(26)13-19(20)25(28)29)10-5-17-4-9-22-23(12-17)31-14-30-22/h3-13H,14H2,1-2H3. The Hall–Kier alpha value is -3.13. The number of hydrogen-bond donors (Lipinski definition) is 0. The van der Waals surface area contributed by atoms with E-state index >= 15 is 0 Å². The highest BCUT2D eigenvalue weighted by atomic mass is 127. The van der Waals surface area contributed by atoms with Gasteiger partial charge in [0.1, 0.15) is 5.82 Å². The highest BCUT2D eigenvalue weighted by Gasteiger charge is 2.15.